The van der Waals surface area contributed by atoms with E-state index in [0.29, 0.717) is 30.3 Å². The van der Waals surface area contributed by atoms with E-state index in [9.17, 15) is 9.18 Å². The van der Waals surface area contributed by atoms with Crippen molar-refractivity contribution in [3.8, 4) is 5.75 Å². The fourth-order valence-corrected chi connectivity index (χ4v) is 3.52. The summed E-state index contributed by atoms with van der Waals surface area (Å²) in [6.07, 6.45) is 1.56. The van der Waals surface area contributed by atoms with E-state index in [0.717, 1.165) is 31.7 Å². The Bertz CT molecular complexity index is 790. The summed E-state index contributed by atoms with van der Waals surface area (Å²) < 4.78 is 19.6. The molecule has 1 amide bonds. The number of nitrogens with zero attached hydrogens (tertiary/aromatic N) is 1. The van der Waals surface area contributed by atoms with Gasteiger partial charge in [0.2, 0.25) is 5.91 Å². The van der Waals surface area contributed by atoms with Gasteiger partial charge in [-0.15, -0.1) is 0 Å². The second-order valence-corrected chi connectivity index (χ2v) is 7.68. The molecule has 0 aliphatic carbocycles. The average molecular weight is 405 g/mol. The van der Waals surface area contributed by atoms with Crippen molar-refractivity contribution in [1.82, 2.24) is 10.2 Å². The van der Waals surface area contributed by atoms with Crippen LogP contribution in [0.25, 0.3) is 0 Å². The number of halogens is 2. The Labute approximate surface area is 170 Å². The van der Waals surface area contributed by atoms with E-state index < -0.39 is 0 Å². The molecule has 2 aromatic rings. The Morgan fingerprint density at radius 1 is 1.21 bits per heavy atom. The molecule has 28 heavy (non-hydrogen) atoms. The quantitative estimate of drug-likeness (QED) is 0.703. The van der Waals surface area contributed by atoms with Crippen LogP contribution >= 0.6 is 11.6 Å². The number of amides is 1. The molecule has 2 aromatic carbocycles. The van der Waals surface area contributed by atoms with Gasteiger partial charge in [0.1, 0.15) is 18.2 Å². The fourth-order valence-electron chi connectivity index (χ4n) is 3.37. The van der Waals surface area contributed by atoms with Gasteiger partial charge in [0, 0.05) is 23.0 Å². The molecule has 1 saturated heterocycles. The molecule has 0 radical (unpaired) electrons. The number of benzene rings is 2. The first-order valence-corrected chi connectivity index (χ1v) is 10.0. The smallest absolute Gasteiger partial charge is 0.223 e. The number of carbonyl (C=O) groups is 1. The zero-order valence-corrected chi connectivity index (χ0v) is 16.8. The Morgan fingerprint density at radius 3 is 2.61 bits per heavy atom. The lowest BCUT2D eigenvalue weighted by atomic mass is 9.95. The van der Waals surface area contributed by atoms with Gasteiger partial charge in [0.15, 0.2) is 0 Å². The first-order valence-electron chi connectivity index (χ1n) is 9.65. The van der Waals surface area contributed by atoms with Crippen molar-refractivity contribution in [3.63, 3.8) is 0 Å². The highest BCUT2D eigenvalue weighted by atomic mass is 35.5. The van der Waals surface area contributed by atoms with Gasteiger partial charge in [0.05, 0.1) is 6.54 Å². The predicted molar refractivity (Wildman–Crippen MR) is 109 cm³/mol. The summed E-state index contributed by atoms with van der Waals surface area (Å²) in [5.41, 5.74) is 1.83. The summed E-state index contributed by atoms with van der Waals surface area (Å²) in [5, 5.41) is 3.36. The number of rotatable bonds is 7. The maximum Gasteiger partial charge on any atom is 0.223 e. The lowest BCUT2D eigenvalue weighted by Crippen LogP contribution is -2.41. The highest BCUT2D eigenvalue weighted by Gasteiger charge is 2.25. The Morgan fingerprint density at radius 2 is 1.93 bits per heavy atom. The van der Waals surface area contributed by atoms with Crippen molar-refractivity contribution in [3.05, 3.63) is 64.4 Å². The SMILES string of the molecule is Cc1ccc(OCCNC(=O)C2CCN(Cc3ccc(Cl)cc3F)CC2)cc1. The van der Waals surface area contributed by atoms with Gasteiger partial charge in [-0.3, -0.25) is 9.69 Å². The minimum atomic E-state index is -0.277. The molecular weight excluding hydrogens is 379 g/mol. The van der Waals surface area contributed by atoms with Crippen LogP contribution in [0.1, 0.15) is 24.0 Å². The van der Waals surface area contributed by atoms with Gasteiger partial charge in [-0.25, -0.2) is 4.39 Å². The molecule has 0 aromatic heterocycles. The van der Waals surface area contributed by atoms with E-state index >= 15 is 0 Å². The number of aryl methyl sites for hydroxylation is 1. The Balaban J connectivity index is 1.36. The Kier molecular flexibility index (Phi) is 7.29. The molecule has 1 fully saturated rings. The van der Waals surface area contributed by atoms with Crippen molar-refractivity contribution in [1.29, 1.82) is 0 Å². The lowest BCUT2D eigenvalue weighted by Gasteiger charge is -2.31. The molecule has 1 N–H and O–H groups in total. The first kappa shape index (κ1) is 20.6. The molecule has 1 heterocycles. The van der Waals surface area contributed by atoms with Crippen LogP contribution in [0.15, 0.2) is 42.5 Å². The van der Waals surface area contributed by atoms with Crippen LogP contribution in [0, 0.1) is 18.7 Å². The number of likely N-dealkylation sites (tertiary alicyclic amines) is 1. The van der Waals surface area contributed by atoms with Crippen molar-refractivity contribution in [2.45, 2.75) is 26.3 Å². The summed E-state index contributed by atoms with van der Waals surface area (Å²) in [6, 6.07) is 12.6. The van der Waals surface area contributed by atoms with Crippen molar-refractivity contribution in [2.75, 3.05) is 26.2 Å². The van der Waals surface area contributed by atoms with E-state index in [4.69, 9.17) is 16.3 Å². The van der Waals surface area contributed by atoms with Crippen LogP contribution in [-0.4, -0.2) is 37.0 Å². The van der Waals surface area contributed by atoms with Gasteiger partial charge in [-0.2, -0.15) is 0 Å². The van der Waals surface area contributed by atoms with E-state index in [2.05, 4.69) is 10.2 Å². The largest absolute Gasteiger partial charge is 0.492 e. The molecule has 6 heteroatoms. The second-order valence-electron chi connectivity index (χ2n) is 7.24. The monoisotopic (exact) mass is 404 g/mol. The minimum Gasteiger partial charge on any atom is -0.492 e. The number of piperidine rings is 1. The topological polar surface area (TPSA) is 41.6 Å². The van der Waals surface area contributed by atoms with Crippen LogP contribution in [0.3, 0.4) is 0 Å². The molecule has 1 aliphatic heterocycles. The van der Waals surface area contributed by atoms with Crippen LogP contribution < -0.4 is 10.1 Å². The first-order chi connectivity index (χ1) is 13.5. The summed E-state index contributed by atoms with van der Waals surface area (Å²) in [5.74, 6) is 0.610. The van der Waals surface area contributed by atoms with Gasteiger partial charge < -0.3 is 10.1 Å². The highest BCUT2D eigenvalue weighted by molar-refractivity contribution is 6.30. The van der Waals surface area contributed by atoms with Crippen LogP contribution in [-0.2, 0) is 11.3 Å². The minimum absolute atomic E-state index is 0.00527. The fraction of sp³-hybridized carbons (Fsp3) is 0.409. The van der Waals surface area contributed by atoms with Crippen molar-refractivity contribution >= 4 is 17.5 Å². The zero-order chi connectivity index (χ0) is 19.9. The maximum atomic E-state index is 13.9. The van der Waals surface area contributed by atoms with E-state index in [-0.39, 0.29) is 17.6 Å². The predicted octanol–water partition coefficient (Wildman–Crippen LogP) is 4.19. The van der Waals surface area contributed by atoms with Gasteiger partial charge in [-0.1, -0.05) is 35.4 Å². The normalized spacial score (nSPS) is 15.4. The molecule has 4 nitrogen and oxygen atoms in total. The van der Waals surface area contributed by atoms with Crippen molar-refractivity contribution < 1.29 is 13.9 Å². The molecule has 150 valence electrons. The molecule has 0 bridgehead atoms. The summed E-state index contributed by atoms with van der Waals surface area (Å²) >= 11 is 5.80. The number of hydrogen-bond acceptors (Lipinski definition) is 3. The molecule has 0 atom stereocenters. The molecule has 3 rings (SSSR count). The van der Waals surface area contributed by atoms with E-state index in [1.807, 2.05) is 31.2 Å². The van der Waals surface area contributed by atoms with Crippen LogP contribution in [0.4, 0.5) is 4.39 Å². The molecule has 0 saturated carbocycles. The van der Waals surface area contributed by atoms with Crippen LogP contribution in [0.2, 0.25) is 5.02 Å². The van der Waals surface area contributed by atoms with Gasteiger partial charge in [0.25, 0.3) is 0 Å². The number of carbonyl (C=O) groups excluding carboxylic acids is 1. The van der Waals surface area contributed by atoms with Gasteiger partial charge in [-0.05, 0) is 57.1 Å². The summed E-state index contributed by atoms with van der Waals surface area (Å²) in [4.78, 5) is 14.5. The zero-order valence-electron chi connectivity index (χ0n) is 16.1. The molecule has 0 unspecified atom stereocenters. The van der Waals surface area contributed by atoms with Crippen molar-refractivity contribution in [2.24, 2.45) is 5.92 Å². The van der Waals surface area contributed by atoms with Gasteiger partial charge >= 0.3 is 0 Å². The molecule has 1 aliphatic rings. The third-order valence-corrected chi connectivity index (χ3v) is 5.29. The average Bonchev–Trinajstić information content (AvgIpc) is 2.69. The Hall–Kier alpha value is -2.11. The summed E-state index contributed by atoms with van der Waals surface area (Å²) in [7, 11) is 0. The molecular formula is C22H26ClFN2O2. The summed E-state index contributed by atoms with van der Waals surface area (Å²) in [6.45, 7) is 5.06. The standard InChI is InChI=1S/C22H26ClFN2O2/c1-16-2-6-20(7-3-16)28-13-10-25-22(27)17-8-11-26(12-9-17)15-18-4-5-19(23)14-21(18)24/h2-7,14,17H,8-13,15H2,1H3,(H,25,27). The lowest BCUT2D eigenvalue weighted by molar-refractivity contribution is -0.126. The van der Waals surface area contributed by atoms with E-state index in [1.165, 1.54) is 11.6 Å². The maximum absolute atomic E-state index is 13.9. The third kappa shape index (κ3) is 5.94. The highest BCUT2D eigenvalue weighted by Crippen LogP contribution is 2.21. The number of nitrogens with one attached hydrogen (secondary N) is 1. The van der Waals surface area contributed by atoms with Crippen LogP contribution in [0.5, 0.6) is 5.75 Å². The number of ether oxygens (including phenoxy) is 1. The third-order valence-electron chi connectivity index (χ3n) is 5.06. The molecule has 0 spiro atoms. The second kappa shape index (κ2) is 9.89. The number of hydrogen-bond donors (Lipinski definition) is 1. The van der Waals surface area contributed by atoms with E-state index in [1.54, 1.807) is 12.1 Å².